The average molecular weight is 332 g/mol. The summed E-state index contributed by atoms with van der Waals surface area (Å²) in [5.41, 5.74) is 1.34. The van der Waals surface area contributed by atoms with Crippen LogP contribution in [0.4, 0.5) is 0 Å². The van der Waals surface area contributed by atoms with Gasteiger partial charge in [-0.25, -0.2) is 0 Å². The van der Waals surface area contributed by atoms with E-state index < -0.39 is 0 Å². The van der Waals surface area contributed by atoms with Gasteiger partial charge in [-0.2, -0.15) is 0 Å². The van der Waals surface area contributed by atoms with Gasteiger partial charge in [-0.1, -0.05) is 12.1 Å². The van der Waals surface area contributed by atoms with Crippen molar-refractivity contribution in [3.05, 3.63) is 33.4 Å². The van der Waals surface area contributed by atoms with Gasteiger partial charge in [-0.3, -0.25) is 4.79 Å². The van der Waals surface area contributed by atoms with Gasteiger partial charge in [0, 0.05) is 9.99 Å². The monoisotopic (exact) mass is 332 g/mol. The first-order chi connectivity index (χ1) is 7.72. The molecule has 1 aromatic rings. The van der Waals surface area contributed by atoms with E-state index in [9.17, 15) is 4.79 Å². The summed E-state index contributed by atoms with van der Waals surface area (Å²) in [5.74, 6) is -0.0786. The van der Waals surface area contributed by atoms with E-state index in [2.05, 4.69) is 46.9 Å². The Morgan fingerprint density at radius 1 is 1.25 bits per heavy atom. The number of carbonyl (C=O) groups is 1. The van der Waals surface area contributed by atoms with Gasteiger partial charge in [-0.15, -0.1) is 0 Å². The number of hydrogen-bond acceptors (Lipinski definition) is 2. The van der Waals surface area contributed by atoms with E-state index in [4.69, 9.17) is 4.74 Å². The molecule has 1 aromatic carbocycles. The molecule has 0 amide bonds. The lowest BCUT2D eigenvalue weighted by Gasteiger charge is -2.02. The highest BCUT2D eigenvalue weighted by Gasteiger charge is 2.01. The first-order valence-electron chi connectivity index (χ1n) is 5.62. The zero-order chi connectivity index (χ0) is 11.8. The molecular weight excluding hydrogens is 315 g/mol. The predicted octanol–water partition coefficient (Wildman–Crippen LogP) is 3.57. The molecule has 0 saturated heterocycles. The van der Waals surface area contributed by atoms with Crippen LogP contribution < -0.4 is 0 Å². The lowest BCUT2D eigenvalue weighted by Crippen LogP contribution is -2.03. The van der Waals surface area contributed by atoms with E-state index in [1.54, 1.807) is 0 Å². The molecule has 0 aliphatic rings. The zero-order valence-electron chi connectivity index (χ0n) is 9.54. The number of aryl methyl sites for hydroxylation is 1. The van der Waals surface area contributed by atoms with Crippen LogP contribution in [0, 0.1) is 3.57 Å². The number of benzene rings is 1. The van der Waals surface area contributed by atoms with E-state index in [-0.39, 0.29) is 5.97 Å². The molecule has 0 aliphatic carbocycles. The normalized spacial score (nSPS) is 10.1. The summed E-state index contributed by atoms with van der Waals surface area (Å²) in [6, 6.07) is 8.51. The van der Waals surface area contributed by atoms with Crippen LogP contribution in [0.3, 0.4) is 0 Å². The fourth-order valence-corrected chi connectivity index (χ4v) is 1.84. The van der Waals surface area contributed by atoms with Crippen molar-refractivity contribution in [1.82, 2.24) is 0 Å². The van der Waals surface area contributed by atoms with Crippen molar-refractivity contribution in [3.8, 4) is 0 Å². The summed E-state index contributed by atoms with van der Waals surface area (Å²) in [4.78, 5) is 11.1. The molecule has 3 heteroatoms. The molecule has 1 rings (SSSR count). The first-order valence-corrected chi connectivity index (χ1v) is 6.70. The van der Waals surface area contributed by atoms with E-state index in [1.165, 1.54) is 9.13 Å². The standard InChI is InChI=1S/C13H17IO2/c1-2-16-13(15)6-4-3-5-11-7-9-12(14)10-8-11/h7-10H,2-6H2,1H3. The number of unbranched alkanes of at least 4 members (excludes halogenated alkanes) is 1. The molecule has 0 atom stereocenters. The van der Waals surface area contributed by atoms with Crippen molar-refractivity contribution in [1.29, 1.82) is 0 Å². The minimum absolute atomic E-state index is 0.0786. The van der Waals surface area contributed by atoms with Crippen LogP contribution in [0.25, 0.3) is 0 Å². The maximum absolute atomic E-state index is 11.1. The van der Waals surface area contributed by atoms with E-state index in [0.717, 1.165) is 19.3 Å². The molecule has 0 aliphatic heterocycles. The van der Waals surface area contributed by atoms with E-state index in [1.807, 2.05) is 6.92 Å². The Labute approximate surface area is 111 Å². The Morgan fingerprint density at radius 3 is 2.56 bits per heavy atom. The first kappa shape index (κ1) is 13.5. The van der Waals surface area contributed by atoms with Crippen LogP contribution in [0.1, 0.15) is 31.7 Å². The van der Waals surface area contributed by atoms with Gasteiger partial charge in [0.2, 0.25) is 0 Å². The fraction of sp³-hybridized carbons (Fsp3) is 0.462. The van der Waals surface area contributed by atoms with E-state index in [0.29, 0.717) is 13.0 Å². The number of carbonyl (C=O) groups excluding carboxylic acids is 1. The van der Waals surface area contributed by atoms with Gasteiger partial charge in [0.05, 0.1) is 6.61 Å². The number of rotatable bonds is 6. The quantitative estimate of drug-likeness (QED) is 0.452. The highest BCUT2D eigenvalue weighted by molar-refractivity contribution is 14.1. The molecule has 0 unspecified atom stereocenters. The molecule has 2 nitrogen and oxygen atoms in total. The highest BCUT2D eigenvalue weighted by Crippen LogP contribution is 2.10. The predicted molar refractivity (Wildman–Crippen MR) is 73.3 cm³/mol. The third kappa shape index (κ3) is 5.49. The molecule has 0 saturated carbocycles. The molecule has 0 spiro atoms. The molecule has 88 valence electrons. The summed E-state index contributed by atoms with van der Waals surface area (Å²) in [7, 11) is 0. The van der Waals surface area contributed by atoms with Crippen molar-refractivity contribution in [2.45, 2.75) is 32.6 Å². The molecule has 0 heterocycles. The summed E-state index contributed by atoms with van der Waals surface area (Å²) in [6.45, 7) is 2.32. The van der Waals surface area contributed by atoms with E-state index >= 15 is 0 Å². The van der Waals surface area contributed by atoms with Crippen LogP contribution in [0.5, 0.6) is 0 Å². The van der Waals surface area contributed by atoms with Crippen LogP contribution in [0.15, 0.2) is 24.3 Å². The second-order valence-electron chi connectivity index (χ2n) is 3.64. The van der Waals surface area contributed by atoms with Crippen molar-refractivity contribution >= 4 is 28.6 Å². The smallest absolute Gasteiger partial charge is 0.305 e. The average Bonchev–Trinajstić information content (AvgIpc) is 2.27. The van der Waals surface area contributed by atoms with Gasteiger partial charge >= 0.3 is 5.97 Å². The molecule has 0 N–H and O–H groups in total. The fourth-order valence-electron chi connectivity index (χ4n) is 1.48. The molecular formula is C13H17IO2. The topological polar surface area (TPSA) is 26.3 Å². The largest absolute Gasteiger partial charge is 0.466 e. The van der Waals surface area contributed by atoms with Crippen molar-refractivity contribution in [2.75, 3.05) is 6.61 Å². The van der Waals surface area contributed by atoms with Crippen LogP contribution in [0.2, 0.25) is 0 Å². The molecule has 0 aromatic heterocycles. The van der Waals surface area contributed by atoms with Crippen molar-refractivity contribution in [3.63, 3.8) is 0 Å². The number of ether oxygens (including phenoxy) is 1. The third-order valence-electron chi connectivity index (χ3n) is 2.31. The Hall–Kier alpha value is -0.580. The van der Waals surface area contributed by atoms with Gasteiger partial charge in [-0.05, 0) is 66.5 Å². The van der Waals surface area contributed by atoms with Gasteiger partial charge in [0.1, 0.15) is 0 Å². The number of esters is 1. The molecule has 16 heavy (non-hydrogen) atoms. The summed E-state index contributed by atoms with van der Waals surface area (Å²) < 4.78 is 6.13. The summed E-state index contributed by atoms with van der Waals surface area (Å²) >= 11 is 2.30. The lowest BCUT2D eigenvalue weighted by molar-refractivity contribution is -0.143. The van der Waals surface area contributed by atoms with Crippen molar-refractivity contribution < 1.29 is 9.53 Å². The minimum Gasteiger partial charge on any atom is -0.466 e. The third-order valence-corrected chi connectivity index (χ3v) is 3.03. The second-order valence-corrected chi connectivity index (χ2v) is 4.88. The Kier molecular flexibility index (Phi) is 6.45. The minimum atomic E-state index is -0.0786. The Balaban J connectivity index is 2.16. The Bertz CT molecular complexity index is 319. The maximum Gasteiger partial charge on any atom is 0.305 e. The molecule has 0 fully saturated rings. The van der Waals surface area contributed by atoms with Gasteiger partial charge in [0.25, 0.3) is 0 Å². The SMILES string of the molecule is CCOC(=O)CCCCc1ccc(I)cc1. The second kappa shape index (κ2) is 7.65. The van der Waals surface area contributed by atoms with Crippen LogP contribution in [-0.4, -0.2) is 12.6 Å². The highest BCUT2D eigenvalue weighted by atomic mass is 127. The Morgan fingerprint density at radius 2 is 1.94 bits per heavy atom. The number of hydrogen-bond donors (Lipinski definition) is 0. The zero-order valence-corrected chi connectivity index (χ0v) is 11.7. The molecule has 0 radical (unpaired) electrons. The van der Waals surface area contributed by atoms with Gasteiger partial charge in [0.15, 0.2) is 0 Å². The maximum atomic E-state index is 11.1. The van der Waals surface area contributed by atoms with Gasteiger partial charge < -0.3 is 4.74 Å². The lowest BCUT2D eigenvalue weighted by atomic mass is 10.1. The summed E-state index contributed by atoms with van der Waals surface area (Å²) in [6.07, 6.45) is 3.53. The number of halogens is 1. The van der Waals surface area contributed by atoms with Crippen LogP contribution in [-0.2, 0) is 16.0 Å². The summed E-state index contributed by atoms with van der Waals surface area (Å²) in [5, 5.41) is 0. The van der Waals surface area contributed by atoms with Crippen LogP contribution >= 0.6 is 22.6 Å². The van der Waals surface area contributed by atoms with Crippen molar-refractivity contribution in [2.24, 2.45) is 0 Å². The molecule has 0 bridgehead atoms.